The van der Waals surface area contributed by atoms with E-state index in [0.29, 0.717) is 28.4 Å². The molecule has 0 bridgehead atoms. The Bertz CT molecular complexity index is 1430. The van der Waals surface area contributed by atoms with Crippen LogP contribution in [0, 0.1) is 34.3 Å². The molecule has 1 heterocycles. The molecular weight excluding hydrogens is 599 g/mol. The average molecular weight is 635 g/mol. The number of carboxylic acids is 1. The maximum Gasteiger partial charge on any atom is 0.335 e. The van der Waals surface area contributed by atoms with Crippen LogP contribution < -0.4 is 15.4 Å². The van der Waals surface area contributed by atoms with Crippen LogP contribution in [0.1, 0.15) is 56.0 Å². The lowest BCUT2D eigenvalue weighted by Crippen LogP contribution is -2.33. The van der Waals surface area contributed by atoms with Gasteiger partial charge in [0.25, 0.3) is 0 Å². The molecule has 1 fully saturated rings. The molecule has 230 valence electrons. The smallest absolute Gasteiger partial charge is 0.335 e. The fraction of sp³-hybridized carbons (Fsp3) is 0.344. The van der Waals surface area contributed by atoms with Gasteiger partial charge < -0.3 is 20.5 Å². The van der Waals surface area contributed by atoms with Crippen molar-refractivity contribution in [1.82, 2.24) is 5.32 Å². The Morgan fingerprint density at radius 2 is 1.81 bits per heavy atom. The van der Waals surface area contributed by atoms with Crippen molar-refractivity contribution in [3.05, 3.63) is 93.5 Å². The second kappa shape index (κ2) is 16.2. The number of hydrogen-bond donors (Lipinski definition) is 3. The van der Waals surface area contributed by atoms with Crippen molar-refractivity contribution < 1.29 is 28.2 Å². The zero-order valence-corrected chi connectivity index (χ0v) is 26.0. The minimum Gasteiger partial charge on any atom is -0.495 e. The van der Waals surface area contributed by atoms with Crippen LogP contribution in [-0.4, -0.2) is 36.7 Å². The highest BCUT2D eigenvalue weighted by molar-refractivity contribution is 6.31. The predicted molar refractivity (Wildman–Crippen MR) is 165 cm³/mol. The Hall–Kier alpha value is -3.71. The summed E-state index contributed by atoms with van der Waals surface area (Å²) in [5.41, 5.74) is 1.21. The average Bonchev–Trinajstić information content (AvgIpc) is 3.23. The van der Waals surface area contributed by atoms with Gasteiger partial charge in [0.05, 0.1) is 35.4 Å². The van der Waals surface area contributed by atoms with E-state index in [1.54, 1.807) is 30.3 Å². The monoisotopic (exact) mass is 633 g/mol. The molecule has 0 saturated carbocycles. The van der Waals surface area contributed by atoms with Gasteiger partial charge in [-0.3, -0.25) is 4.79 Å². The van der Waals surface area contributed by atoms with Gasteiger partial charge in [0.2, 0.25) is 6.41 Å². The first-order chi connectivity index (χ1) is 20.2. The van der Waals surface area contributed by atoms with Gasteiger partial charge in [0.1, 0.15) is 17.4 Å². The molecule has 11 heteroatoms. The topological polar surface area (TPSA) is 111 Å². The van der Waals surface area contributed by atoms with Crippen LogP contribution in [0.25, 0.3) is 0 Å². The molecule has 3 aromatic carbocycles. The molecule has 0 aromatic heterocycles. The molecule has 1 aliphatic rings. The van der Waals surface area contributed by atoms with E-state index in [-0.39, 0.29) is 45.7 Å². The summed E-state index contributed by atoms with van der Waals surface area (Å²) in [4.78, 5) is 20.8. The minimum absolute atomic E-state index is 0.0509. The summed E-state index contributed by atoms with van der Waals surface area (Å²) >= 11 is 11.3. The fourth-order valence-corrected chi connectivity index (χ4v) is 5.19. The largest absolute Gasteiger partial charge is 0.495 e. The molecule has 1 aliphatic heterocycles. The number of hydrogen-bond acceptors (Lipinski definition) is 5. The van der Waals surface area contributed by atoms with E-state index in [4.69, 9.17) is 33.0 Å². The molecule has 3 aromatic rings. The summed E-state index contributed by atoms with van der Waals surface area (Å²) in [6.45, 7) is 8.47. The lowest BCUT2D eigenvalue weighted by atomic mass is 9.78. The van der Waals surface area contributed by atoms with Crippen LogP contribution in [0.2, 0.25) is 10.0 Å². The van der Waals surface area contributed by atoms with E-state index >= 15 is 0 Å². The van der Waals surface area contributed by atoms with E-state index in [2.05, 4.69) is 37.5 Å². The Balaban J connectivity index is 0.000000251. The highest BCUT2D eigenvalue weighted by atomic mass is 35.5. The highest BCUT2D eigenvalue weighted by Gasteiger charge is 2.44. The van der Waals surface area contributed by atoms with Crippen molar-refractivity contribution in [2.75, 3.05) is 12.4 Å². The van der Waals surface area contributed by atoms with Crippen LogP contribution in [0.15, 0.2) is 60.7 Å². The van der Waals surface area contributed by atoms with Crippen LogP contribution in [0.3, 0.4) is 0 Å². The quantitative estimate of drug-likeness (QED) is 0.238. The Kier molecular flexibility index (Phi) is 13.4. The van der Waals surface area contributed by atoms with Crippen LogP contribution in [0.5, 0.6) is 5.75 Å². The lowest BCUT2D eigenvalue weighted by Gasteiger charge is -2.25. The third kappa shape index (κ3) is 10.5. The molecule has 7 nitrogen and oxygen atoms in total. The number of carboxylic acid groups (broad SMARTS) is 1. The van der Waals surface area contributed by atoms with Gasteiger partial charge in [0.15, 0.2) is 0 Å². The van der Waals surface area contributed by atoms with Gasteiger partial charge in [-0.25, -0.2) is 13.6 Å². The second-order valence-electron chi connectivity index (χ2n) is 11.1. The molecule has 4 rings (SSSR count). The summed E-state index contributed by atoms with van der Waals surface area (Å²) in [6.07, 6.45) is 1.38. The summed E-state index contributed by atoms with van der Waals surface area (Å²) in [7, 11) is 1.40. The first-order valence-electron chi connectivity index (χ1n) is 13.3. The summed E-state index contributed by atoms with van der Waals surface area (Å²) in [6, 6.07) is 17.6. The normalized spacial score (nSPS) is 19.1. The predicted octanol–water partition coefficient (Wildman–Crippen LogP) is 7.94. The second-order valence-corrected chi connectivity index (χ2v) is 11.9. The SMILES string of the molecule is COc1cc(C(=O)O)ccc1NC=O.C[C@@H]1NC(CC(C)(C)C)C(C#N)C1c1cccc(Cl)c1F.Fc1cccc(Cl)c1. The number of methoxy groups -OCH3 is 1. The summed E-state index contributed by atoms with van der Waals surface area (Å²) in [5.74, 6) is -1.82. The molecule has 1 saturated heterocycles. The summed E-state index contributed by atoms with van der Waals surface area (Å²) < 4.78 is 31.3. The van der Waals surface area contributed by atoms with Crippen molar-refractivity contribution >= 4 is 41.3 Å². The molecule has 0 aliphatic carbocycles. The van der Waals surface area contributed by atoms with Crippen molar-refractivity contribution in [3.8, 4) is 11.8 Å². The lowest BCUT2D eigenvalue weighted by molar-refractivity contribution is -0.105. The van der Waals surface area contributed by atoms with Gasteiger partial charge >= 0.3 is 5.97 Å². The number of halogens is 4. The minimum atomic E-state index is -1.04. The van der Waals surface area contributed by atoms with Crippen LogP contribution in [0.4, 0.5) is 14.5 Å². The van der Waals surface area contributed by atoms with Crippen molar-refractivity contribution in [3.63, 3.8) is 0 Å². The molecular formula is C32H35Cl2F2N3O4. The molecule has 1 amide bonds. The third-order valence-electron chi connectivity index (χ3n) is 6.61. The number of ether oxygens (including phenoxy) is 1. The van der Waals surface area contributed by atoms with Gasteiger partial charge in [-0.05, 0) is 66.8 Å². The van der Waals surface area contributed by atoms with Gasteiger partial charge in [-0.1, -0.05) is 62.2 Å². The van der Waals surface area contributed by atoms with E-state index in [1.807, 2.05) is 6.92 Å². The van der Waals surface area contributed by atoms with Gasteiger partial charge in [0, 0.05) is 23.0 Å². The molecule has 3 N–H and O–H groups in total. The van der Waals surface area contributed by atoms with Crippen molar-refractivity contribution in [2.45, 2.75) is 52.1 Å². The number of rotatable bonds is 6. The molecule has 0 spiro atoms. The molecule has 43 heavy (non-hydrogen) atoms. The van der Waals surface area contributed by atoms with E-state index in [9.17, 15) is 23.6 Å². The number of aromatic carboxylic acids is 1. The maximum absolute atomic E-state index is 14.3. The number of nitriles is 1. The number of carbonyl (C=O) groups excluding carboxylic acids is 1. The number of nitrogens with zero attached hydrogens (tertiary/aromatic N) is 1. The molecule has 3 unspecified atom stereocenters. The van der Waals surface area contributed by atoms with Crippen molar-refractivity contribution in [1.29, 1.82) is 5.26 Å². The van der Waals surface area contributed by atoms with Crippen LogP contribution in [-0.2, 0) is 4.79 Å². The Morgan fingerprint density at radius 1 is 1.14 bits per heavy atom. The third-order valence-corrected chi connectivity index (χ3v) is 7.13. The van der Waals surface area contributed by atoms with E-state index < -0.39 is 11.8 Å². The fourth-order valence-electron chi connectivity index (χ4n) is 4.83. The highest BCUT2D eigenvalue weighted by Crippen LogP contribution is 2.41. The first-order valence-corrected chi connectivity index (χ1v) is 14.1. The van der Waals surface area contributed by atoms with Crippen LogP contribution >= 0.6 is 23.2 Å². The standard InChI is InChI=1S/C17H22ClFN2.C9H9NO4.C6H4ClF/c1-10-15(11-6-5-7-13(18)16(11)19)12(9-20)14(21-10)8-17(2,3)4;1-14-8-4-6(9(12)13)2-3-7(8)10-5-11;7-5-2-1-3-6(8)4-5/h5-7,10,12,14-15,21H,8H2,1-4H3;2-5H,1H3,(H,10,11)(H,12,13);1-4H/t10-,12?,14?,15?;;/m0../s1. The zero-order valence-electron chi connectivity index (χ0n) is 24.5. The van der Waals surface area contributed by atoms with Crippen molar-refractivity contribution in [2.24, 2.45) is 11.3 Å². The Labute approximate surface area is 260 Å². The van der Waals surface area contributed by atoms with E-state index in [1.165, 1.54) is 37.4 Å². The van der Waals surface area contributed by atoms with E-state index in [0.717, 1.165) is 6.42 Å². The number of benzene rings is 3. The zero-order chi connectivity index (χ0) is 32.3. The number of nitrogens with one attached hydrogen (secondary N) is 2. The molecule has 4 atom stereocenters. The first kappa shape index (κ1) is 35.5. The van der Waals surface area contributed by atoms with Gasteiger partial charge in [-0.2, -0.15) is 5.26 Å². The Morgan fingerprint density at radius 3 is 2.33 bits per heavy atom. The molecule has 0 radical (unpaired) electrons. The maximum atomic E-state index is 14.3. The number of carbonyl (C=O) groups is 2. The van der Waals surface area contributed by atoms with Gasteiger partial charge in [-0.15, -0.1) is 0 Å². The number of anilines is 1. The summed E-state index contributed by atoms with van der Waals surface area (Å²) in [5, 5.41) is 24.7. The number of amides is 1.